The standard InChI is InChI=1S/C17H19N3O3S/c1-11(21)18-17-19-14(10-24-17)16(22)20-8-4-7-15(20)12-5-3-6-13(9-12)23-2/h3,5-6,9-10,15H,4,7-8H2,1-2H3,(H,18,19,21). The summed E-state index contributed by atoms with van der Waals surface area (Å²) in [6, 6.07) is 7.85. The monoisotopic (exact) mass is 345 g/mol. The summed E-state index contributed by atoms with van der Waals surface area (Å²) in [6.07, 6.45) is 1.87. The number of thiazole rings is 1. The van der Waals surface area contributed by atoms with Gasteiger partial charge in [0.05, 0.1) is 13.2 Å². The molecule has 2 heterocycles. The van der Waals surface area contributed by atoms with E-state index >= 15 is 0 Å². The van der Waals surface area contributed by atoms with Crippen molar-refractivity contribution in [2.45, 2.75) is 25.8 Å². The Bertz CT molecular complexity index is 759. The molecule has 0 spiro atoms. The molecule has 0 aliphatic carbocycles. The fourth-order valence-electron chi connectivity index (χ4n) is 2.93. The van der Waals surface area contributed by atoms with Gasteiger partial charge in [-0.05, 0) is 30.5 Å². The van der Waals surface area contributed by atoms with Crippen molar-refractivity contribution >= 4 is 28.3 Å². The van der Waals surface area contributed by atoms with Gasteiger partial charge in [-0.2, -0.15) is 0 Å². The lowest BCUT2D eigenvalue weighted by Crippen LogP contribution is -2.30. The number of nitrogens with one attached hydrogen (secondary N) is 1. The summed E-state index contributed by atoms with van der Waals surface area (Å²) in [7, 11) is 1.63. The number of carbonyl (C=O) groups is 2. The minimum Gasteiger partial charge on any atom is -0.497 e. The zero-order valence-corrected chi connectivity index (χ0v) is 14.4. The number of ether oxygens (including phenoxy) is 1. The van der Waals surface area contributed by atoms with Gasteiger partial charge >= 0.3 is 0 Å². The number of nitrogens with zero attached hydrogens (tertiary/aromatic N) is 2. The highest BCUT2D eigenvalue weighted by molar-refractivity contribution is 7.14. The molecule has 0 saturated carbocycles. The van der Waals surface area contributed by atoms with Crippen molar-refractivity contribution in [2.75, 3.05) is 19.0 Å². The number of likely N-dealkylation sites (tertiary alicyclic amines) is 1. The second-order valence-electron chi connectivity index (χ2n) is 5.65. The van der Waals surface area contributed by atoms with Crippen molar-refractivity contribution in [3.05, 3.63) is 40.9 Å². The molecule has 1 aromatic heterocycles. The summed E-state index contributed by atoms with van der Waals surface area (Å²) in [5.41, 5.74) is 1.44. The number of rotatable bonds is 4. The molecule has 1 aliphatic rings. The van der Waals surface area contributed by atoms with E-state index in [1.165, 1.54) is 18.3 Å². The number of amides is 2. The SMILES string of the molecule is COc1cccc(C2CCCN2C(=O)c2csc(NC(C)=O)n2)c1. The van der Waals surface area contributed by atoms with E-state index in [-0.39, 0.29) is 17.9 Å². The largest absolute Gasteiger partial charge is 0.497 e. The summed E-state index contributed by atoms with van der Waals surface area (Å²) < 4.78 is 5.28. The van der Waals surface area contributed by atoms with Gasteiger partial charge in [0, 0.05) is 18.8 Å². The number of aromatic nitrogens is 1. The topological polar surface area (TPSA) is 71.5 Å². The smallest absolute Gasteiger partial charge is 0.273 e. The minimum atomic E-state index is -0.196. The molecule has 126 valence electrons. The molecule has 1 fully saturated rings. The van der Waals surface area contributed by atoms with E-state index in [4.69, 9.17) is 4.74 Å². The summed E-state index contributed by atoms with van der Waals surface area (Å²) in [6.45, 7) is 2.12. The molecule has 2 aromatic rings. The van der Waals surface area contributed by atoms with Crippen LogP contribution in [-0.2, 0) is 4.79 Å². The highest BCUT2D eigenvalue weighted by Crippen LogP contribution is 2.34. The molecular formula is C17H19N3O3S. The van der Waals surface area contributed by atoms with Crippen LogP contribution in [0.2, 0.25) is 0 Å². The lowest BCUT2D eigenvalue weighted by Gasteiger charge is -2.24. The Labute approximate surface area is 144 Å². The van der Waals surface area contributed by atoms with Crippen LogP contribution in [-0.4, -0.2) is 35.4 Å². The van der Waals surface area contributed by atoms with Crippen LogP contribution in [0.1, 0.15) is 41.9 Å². The second kappa shape index (κ2) is 7.00. The van der Waals surface area contributed by atoms with Gasteiger partial charge in [0.2, 0.25) is 5.91 Å². The first-order valence-corrected chi connectivity index (χ1v) is 8.64. The van der Waals surface area contributed by atoms with E-state index in [0.717, 1.165) is 24.2 Å². The first-order valence-electron chi connectivity index (χ1n) is 7.76. The average molecular weight is 345 g/mol. The summed E-state index contributed by atoms with van der Waals surface area (Å²) in [5, 5.41) is 4.75. The highest BCUT2D eigenvalue weighted by atomic mass is 32.1. The maximum absolute atomic E-state index is 12.8. The molecule has 2 amide bonds. The van der Waals surface area contributed by atoms with E-state index in [1.807, 2.05) is 29.2 Å². The average Bonchev–Trinajstić information content (AvgIpc) is 3.23. The Kier molecular flexibility index (Phi) is 4.80. The number of methoxy groups -OCH3 is 1. The van der Waals surface area contributed by atoms with Gasteiger partial charge < -0.3 is 15.0 Å². The molecule has 0 radical (unpaired) electrons. The molecule has 3 rings (SSSR count). The first kappa shape index (κ1) is 16.4. The van der Waals surface area contributed by atoms with E-state index in [9.17, 15) is 9.59 Å². The summed E-state index contributed by atoms with van der Waals surface area (Å²) in [5.74, 6) is 0.486. The van der Waals surface area contributed by atoms with Crippen molar-refractivity contribution in [1.29, 1.82) is 0 Å². The van der Waals surface area contributed by atoms with Crippen molar-refractivity contribution in [1.82, 2.24) is 9.88 Å². The predicted molar refractivity (Wildman–Crippen MR) is 92.4 cm³/mol. The second-order valence-corrected chi connectivity index (χ2v) is 6.51. The maximum atomic E-state index is 12.8. The minimum absolute atomic E-state index is 0.0264. The Balaban J connectivity index is 1.80. The van der Waals surface area contributed by atoms with E-state index < -0.39 is 0 Å². The zero-order chi connectivity index (χ0) is 17.1. The van der Waals surface area contributed by atoms with E-state index in [1.54, 1.807) is 12.5 Å². The van der Waals surface area contributed by atoms with Crippen LogP contribution >= 0.6 is 11.3 Å². The normalized spacial score (nSPS) is 16.9. The third-order valence-corrected chi connectivity index (χ3v) is 4.76. The highest BCUT2D eigenvalue weighted by Gasteiger charge is 2.32. The summed E-state index contributed by atoms with van der Waals surface area (Å²) >= 11 is 1.26. The van der Waals surface area contributed by atoms with Crippen molar-refractivity contribution in [3.63, 3.8) is 0 Å². The van der Waals surface area contributed by atoms with Crippen LogP contribution in [0.5, 0.6) is 5.75 Å². The molecular weight excluding hydrogens is 326 g/mol. The Morgan fingerprint density at radius 2 is 2.25 bits per heavy atom. The maximum Gasteiger partial charge on any atom is 0.273 e. The number of carbonyl (C=O) groups excluding carboxylic acids is 2. The molecule has 1 aliphatic heterocycles. The quantitative estimate of drug-likeness (QED) is 0.924. The zero-order valence-electron chi connectivity index (χ0n) is 13.6. The van der Waals surface area contributed by atoms with Gasteiger partial charge in [0.1, 0.15) is 11.4 Å². The van der Waals surface area contributed by atoms with E-state index in [0.29, 0.717) is 17.4 Å². The van der Waals surface area contributed by atoms with Crippen LogP contribution in [0.4, 0.5) is 5.13 Å². The lowest BCUT2D eigenvalue weighted by molar-refractivity contribution is -0.114. The molecule has 1 aromatic carbocycles. The van der Waals surface area contributed by atoms with Crippen molar-refractivity contribution in [2.24, 2.45) is 0 Å². The predicted octanol–water partition coefficient (Wildman–Crippen LogP) is 3.09. The van der Waals surface area contributed by atoms with E-state index in [2.05, 4.69) is 10.3 Å². The fraction of sp³-hybridized carbons (Fsp3) is 0.353. The number of hydrogen-bond acceptors (Lipinski definition) is 5. The van der Waals surface area contributed by atoms with Gasteiger partial charge in [-0.1, -0.05) is 12.1 Å². The molecule has 0 bridgehead atoms. The Morgan fingerprint density at radius 3 is 3.00 bits per heavy atom. The lowest BCUT2D eigenvalue weighted by atomic mass is 10.0. The third-order valence-electron chi connectivity index (χ3n) is 4.00. The molecule has 24 heavy (non-hydrogen) atoms. The van der Waals surface area contributed by atoms with Crippen LogP contribution in [0.25, 0.3) is 0 Å². The summed E-state index contributed by atoms with van der Waals surface area (Å²) in [4.78, 5) is 30.0. The van der Waals surface area contributed by atoms with Gasteiger partial charge in [-0.3, -0.25) is 9.59 Å². The molecule has 7 heteroatoms. The number of anilines is 1. The number of hydrogen-bond donors (Lipinski definition) is 1. The van der Waals surface area contributed by atoms with Gasteiger partial charge in [0.15, 0.2) is 5.13 Å². The van der Waals surface area contributed by atoms with Gasteiger partial charge in [-0.15, -0.1) is 11.3 Å². The van der Waals surface area contributed by atoms with Gasteiger partial charge in [0.25, 0.3) is 5.91 Å². The van der Waals surface area contributed by atoms with Gasteiger partial charge in [-0.25, -0.2) is 4.98 Å². The first-order chi connectivity index (χ1) is 11.6. The van der Waals surface area contributed by atoms with Crippen molar-refractivity contribution < 1.29 is 14.3 Å². The Hall–Kier alpha value is -2.41. The van der Waals surface area contributed by atoms with Crippen LogP contribution in [0.3, 0.4) is 0 Å². The fourth-order valence-corrected chi connectivity index (χ4v) is 3.66. The van der Waals surface area contributed by atoms with Crippen LogP contribution < -0.4 is 10.1 Å². The van der Waals surface area contributed by atoms with Crippen molar-refractivity contribution in [3.8, 4) is 5.75 Å². The van der Waals surface area contributed by atoms with Crippen LogP contribution in [0.15, 0.2) is 29.6 Å². The molecule has 1 N–H and O–H groups in total. The number of benzene rings is 1. The van der Waals surface area contributed by atoms with Crippen LogP contribution in [0, 0.1) is 0 Å². The molecule has 1 atom stereocenters. The molecule has 1 unspecified atom stereocenters. The third kappa shape index (κ3) is 3.41. The molecule has 6 nitrogen and oxygen atoms in total. The Morgan fingerprint density at radius 1 is 1.42 bits per heavy atom. The molecule has 1 saturated heterocycles.